The highest BCUT2D eigenvalue weighted by Gasteiger charge is 2.18. The third-order valence-electron chi connectivity index (χ3n) is 4.23. The Balaban J connectivity index is 1.67. The van der Waals surface area contributed by atoms with Gasteiger partial charge in [-0.05, 0) is 39.7 Å². The van der Waals surface area contributed by atoms with Gasteiger partial charge in [0.25, 0.3) is 5.56 Å². The Morgan fingerprint density at radius 3 is 2.71 bits per heavy atom. The maximum absolute atomic E-state index is 11.5. The summed E-state index contributed by atoms with van der Waals surface area (Å²) in [7, 11) is 0. The molecule has 0 radical (unpaired) electrons. The van der Waals surface area contributed by atoms with Gasteiger partial charge >= 0.3 is 0 Å². The van der Waals surface area contributed by atoms with E-state index in [1.165, 1.54) is 11.1 Å². The van der Waals surface area contributed by atoms with Crippen LogP contribution in [0.15, 0.2) is 29.3 Å². The number of hydrogen-bond acceptors (Lipinski definition) is 4. The molecule has 24 heavy (non-hydrogen) atoms. The summed E-state index contributed by atoms with van der Waals surface area (Å²) in [6, 6.07) is 1.58. The van der Waals surface area contributed by atoms with Crippen molar-refractivity contribution < 1.29 is 0 Å². The lowest BCUT2D eigenvalue weighted by Crippen LogP contribution is -2.29. The minimum absolute atomic E-state index is 0.00338. The molecule has 3 rings (SSSR count). The Hall–Kier alpha value is -2.21. The van der Waals surface area contributed by atoms with E-state index in [1.807, 2.05) is 17.8 Å². The van der Waals surface area contributed by atoms with Crippen LogP contribution in [-0.2, 0) is 12.1 Å². The van der Waals surface area contributed by atoms with E-state index in [0.29, 0.717) is 12.4 Å². The highest BCUT2D eigenvalue weighted by molar-refractivity contribution is 5.65. The second kappa shape index (κ2) is 6.36. The van der Waals surface area contributed by atoms with Gasteiger partial charge in [-0.15, -0.1) is 0 Å². The summed E-state index contributed by atoms with van der Waals surface area (Å²) in [5, 5.41) is 4.48. The monoisotopic (exact) mass is 327 g/mol. The smallest absolute Gasteiger partial charge is 0.251 e. The molecule has 0 aliphatic carbocycles. The SMILES string of the molecule is Cc1nc(CN2CC=C(c3cnn(C(C)(C)C)c3)CC2)cc(=O)[nH]1. The topological polar surface area (TPSA) is 66.8 Å². The number of aromatic nitrogens is 4. The van der Waals surface area contributed by atoms with Gasteiger partial charge in [0.15, 0.2) is 0 Å². The molecule has 0 amide bonds. The number of nitrogens with zero attached hydrogens (tertiary/aromatic N) is 4. The van der Waals surface area contributed by atoms with Crippen LogP contribution in [0.3, 0.4) is 0 Å². The summed E-state index contributed by atoms with van der Waals surface area (Å²) in [4.78, 5) is 20.9. The third kappa shape index (κ3) is 3.82. The maximum Gasteiger partial charge on any atom is 0.251 e. The van der Waals surface area contributed by atoms with Gasteiger partial charge in [-0.3, -0.25) is 14.4 Å². The first-order valence-corrected chi connectivity index (χ1v) is 8.35. The molecule has 0 fully saturated rings. The van der Waals surface area contributed by atoms with Crippen molar-refractivity contribution in [1.82, 2.24) is 24.6 Å². The van der Waals surface area contributed by atoms with E-state index in [2.05, 4.69) is 53.0 Å². The Morgan fingerprint density at radius 2 is 2.12 bits per heavy atom. The van der Waals surface area contributed by atoms with E-state index in [0.717, 1.165) is 25.2 Å². The van der Waals surface area contributed by atoms with Crippen LogP contribution < -0.4 is 5.56 Å². The summed E-state index contributed by atoms with van der Waals surface area (Å²) in [5.74, 6) is 0.667. The molecule has 0 aromatic carbocycles. The Morgan fingerprint density at radius 1 is 1.33 bits per heavy atom. The lowest BCUT2D eigenvalue weighted by Gasteiger charge is -2.25. The largest absolute Gasteiger partial charge is 0.311 e. The molecule has 0 bridgehead atoms. The van der Waals surface area contributed by atoms with Gasteiger partial charge < -0.3 is 4.98 Å². The molecule has 0 saturated heterocycles. The second-order valence-electron chi connectivity index (χ2n) is 7.38. The Bertz CT molecular complexity index is 809. The molecule has 6 heteroatoms. The number of nitrogens with one attached hydrogen (secondary N) is 1. The first-order chi connectivity index (χ1) is 11.3. The molecule has 2 aromatic heterocycles. The normalized spacial score (nSPS) is 16.2. The summed E-state index contributed by atoms with van der Waals surface area (Å²) >= 11 is 0. The molecule has 1 N–H and O–H groups in total. The Labute approximate surface area is 142 Å². The van der Waals surface area contributed by atoms with Gasteiger partial charge in [-0.1, -0.05) is 6.08 Å². The van der Waals surface area contributed by atoms with Gasteiger partial charge in [0.2, 0.25) is 0 Å². The molecule has 0 unspecified atom stereocenters. The fraction of sp³-hybridized carbons (Fsp3) is 0.500. The number of rotatable bonds is 3. The lowest BCUT2D eigenvalue weighted by atomic mass is 10.0. The fourth-order valence-electron chi connectivity index (χ4n) is 2.92. The molecular formula is C18H25N5O. The van der Waals surface area contributed by atoms with E-state index >= 15 is 0 Å². The molecule has 2 aromatic rings. The summed E-state index contributed by atoms with van der Waals surface area (Å²) in [6.07, 6.45) is 7.32. The van der Waals surface area contributed by atoms with E-state index in [4.69, 9.17) is 0 Å². The first kappa shape index (κ1) is 16.6. The molecule has 0 spiro atoms. The summed E-state index contributed by atoms with van der Waals surface area (Å²) < 4.78 is 2.01. The predicted molar refractivity (Wildman–Crippen MR) is 94.7 cm³/mol. The van der Waals surface area contributed by atoms with Crippen molar-refractivity contribution in [3.05, 3.63) is 52.0 Å². The molecule has 0 atom stereocenters. The van der Waals surface area contributed by atoms with Gasteiger partial charge in [-0.2, -0.15) is 5.10 Å². The number of hydrogen-bond donors (Lipinski definition) is 1. The molecule has 128 valence electrons. The van der Waals surface area contributed by atoms with Crippen LogP contribution in [0.1, 0.15) is 44.3 Å². The van der Waals surface area contributed by atoms with Crippen molar-refractivity contribution in [2.75, 3.05) is 13.1 Å². The van der Waals surface area contributed by atoms with Crippen molar-refractivity contribution in [1.29, 1.82) is 0 Å². The standard InChI is InChI=1S/C18H25N5O/c1-13-20-16(9-17(24)21-13)12-22-7-5-14(6-8-22)15-10-19-23(11-15)18(2,3)4/h5,9-11H,6-8,12H2,1-4H3,(H,20,21,24). The van der Waals surface area contributed by atoms with Crippen LogP contribution in [0.5, 0.6) is 0 Å². The average molecular weight is 327 g/mol. The number of H-pyrrole nitrogens is 1. The van der Waals surface area contributed by atoms with Gasteiger partial charge in [0.05, 0.1) is 17.4 Å². The van der Waals surface area contributed by atoms with Crippen molar-refractivity contribution >= 4 is 5.57 Å². The highest BCUT2D eigenvalue weighted by Crippen LogP contribution is 2.24. The van der Waals surface area contributed by atoms with Gasteiger partial charge in [0.1, 0.15) is 5.82 Å². The van der Waals surface area contributed by atoms with E-state index in [1.54, 1.807) is 6.07 Å². The number of aromatic amines is 1. The van der Waals surface area contributed by atoms with Crippen LogP contribution >= 0.6 is 0 Å². The van der Waals surface area contributed by atoms with Gasteiger partial charge in [-0.25, -0.2) is 4.98 Å². The molecule has 1 aliphatic rings. The molecule has 6 nitrogen and oxygen atoms in total. The van der Waals surface area contributed by atoms with Crippen molar-refractivity contribution in [3.63, 3.8) is 0 Å². The molecule has 0 saturated carbocycles. The van der Waals surface area contributed by atoms with Crippen LogP contribution in [0.4, 0.5) is 0 Å². The van der Waals surface area contributed by atoms with E-state index < -0.39 is 0 Å². The first-order valence-electron chi connectivity index (χ1n) is 8.35. The van der Waals surface area contributed by atoms with Crippen molar-refractivity contribution in [2.45, 2.75) is 46.2 Å². The van der Waals surface area contributed by atoms with Crippen LogP contribution in [0, 0.1) is 6.92 Å². The second-order valence-corrected chi connectivity index (χ2v) is 7.38. The zero-order valence-electron chi connectivity index (χ0n) is 14.8. The lowest BCUT2D eigenvalue weighted by molar-refractivity contribution is 0.290. The van der Waals surface area contributed by atoms with Crippen LogP contribution in [0.25, 0.3) is 5.57 Å². The zero-order chi connectivity index (χ0) is 17.3. The minimum Gasteiger partial charge on any atom is -0.311 e. The summed E-state index contributed by atoms with van der Waals surface area (Å²) in [5.41, 5.74) is 3.30. The zero-order valence-corrected chi connectivity index (χ0v) is 14.8. The van der Waals surface area contributed by atoms with Gasteiger partial charge in [0, 0.05) is 37.5 Å². The van der Waals surface area contributed by atoms with E-state index in [9.17, 15) is 4.79 Å². The van der Waals surface area contributed by atoms with Crippen molar-refractivity contribution in [3.8, 4) is 0 Å². The molecular weight excluding hydrogens is 302 g/mol. The third-order valence-corrected chi connectivity index (χ3v) is 4.23. The maximum atomic E-state index is 11.5. The molecule has 3 heterocycles. The average Bonchev–Trinajstić information content (AvgIpc) is 2.97. The predicted octanol–water partition coefficient (Wildman–Crippen LogP) is 2.32. The fourth-order valence-corrected chi connectivity index (χ4v) is 2.92. The summed E-state index contributed by atoms with van der Waals surface area (Å²) in [6.45, 7) is 10.8. The van der Waals surface area contributed by atoms with Crippen LogP contribution in [0.2, 0.25) is 0 Å². The van der Waals surface area contributed by atoms with E-state index in [-0.39, 0.29) is 11.1 Å². The Kier molecular flexibility index (Phi) is 4.41. The molecule has 1 aliphatic heterocycles. The minimum atomic E-state index is -0.0830. The quantitative estimate of drug-likeness (QED) is 0.939. The highest BCUT2D eigenvalue weighted by atomic mass is 16.1. The number of aryl methyl sites for hydroxylation is 1. The van der Waals surface area contributed by atoms with Crippen molar-refractivity contribution in [2.24, 2.45) is 0 Å². The van der Waals surface area contributed by atoms with Crippen LogP contribution in [-0.4, -0.2) is 37.7 Å².